The first-order valence-electron chi connectivity index (χ1n) is 10.5. The summed E-state index contributed by atoms with van der Waals surface area (Å²) in [6.45, 7) is 8.00. The molecule has 0 unspecified atom stereocenters. The Kier molecular flexibility index (Phi) is 5.93. The molecule has 1 N–H and O–H groups in total. The Morgan fingerprint density at radius 2 is 1.80 bits per heavy atom. The van der Waals surface area contributed by atoms with Gasteiger partial charge in [0.05, 0.1) is 36.6 Å². The van der Waals surface area contributed by atoms with E-state index < -0.39 is 6.04 Å². The van der Waals surface area contributed by atoms with Crippen molar-refractivity contribution in [3.63, 3.8) is 0 Å². The van der Waals surface area contributed by atoms with Crippen LogP contribution in [0.3, 0.4) is 0 Å². The van der Waals surface area contributed by atoms with Gasteiger partial charge in [-0.25, -0.2) is 0 Å². The Morgan fingerprint density at radius 1 is 1.07 bits per heavy atom. The first-order valence-corrected chi connectivity index (χ1v) is 10.9. The molecular weight excluding hydrogens is 400 g/mol. The smallest absolute Gasteiger partial charge is 0.290 e. The summed E-state index contributed by atoms with van der Waals surface area (Å²) in [4.78, 5) is 30.0. The molecule has 3 aromatic rings. The highest BCUT2D eigenvalue weighted by Crippen LogP contribution is 2.38. The number of fused-ring (bicyclic) bond motifs is 2. The van der Waals surface area contributed by atoms with E-state index in [2.05, 4.69) is 13.8 Å². The van der Waals surface area contributed by atoms with Crippen LogP contribution in [0, 0.1) is 0 Å². The number of rotatable bonds is 7. The van der Waals surface area contributed by atoms with E-state index in [1.54, 1.807) is 23.1 Å². The number of hydrogen-bond donors (Lipinski definition) is 1. The highest BCUT2D eigenvalue weighted by Gasteiger charge is 2.42. The van der Waals surface area contributed by atoms with E-state index >= 15 is 0 Å². The van der Waals surface area contributed by atoms with Crippen molar-refractivity contribution in [2.75, 3.05) is 26.2 Å². The van der Waals surface area contributed by atoms with Crippen LogP contribution in [0.2, 0.25) is 5.02 Å². The van der Waals surface area contributed by atoms with Gasteiger partial charge >= 0.3 is 0 Å². The molecular formula is C24H26ClN2O3+. The van der Waals surface area contributed by atoms with Gasteiger partial charge in [0, 0.05) is 18.0 Å². The topological polar surface area (TPSA) is 55.0 Å². The van der Waals surface area contributed by atoms with Gasteiger partial charge in [-0.15, -0.1) is 0 Å². The second-order valence-corrected chi connectivity index (χ2v) is 8.12. The van der Waals surface area contributed by atoms with Crippen molar-refractivity contribution in [2.24, 2.45) is 0 Å². The summed E-state index contributed by atoms with van der Waals surface area (Å²) < 4.78 is 5.95. The molecule has 0 saturated carbocycles. The zero-order valence-electron chi connectivity index (χ0n) is 17.3. The number of carbonyl (C=O) groups is 1. The number of amides is 1. The summed E-state index contributed by atoms with van der Waals surface area (Å²) in [6, 6.07) is 14.2. The highest BCUT2D eigenvalue weighted by atomic mass is 35.5. The van der Waals surface area contributed by atoms with E-state index in [0.29, 0.717) is 28.1 Å². The molecule has 6 heteroatoms. The van der Waals surface area contributed by atoms with Crippen molar-refractivity contribution in [3.05, 3.63) is 80.7 Å². The highest BCUT2D eigenvalue weighted by molar-refractivity contribution is 6.31. The Bertz CT molecular complexity index is 1120. The number of nitrogens with zero attached hydrogens (tertiary/aromatic N) is 1. The predicted molar refractivity (Wildman–Crippen MR) is 118 cm³/mol. The molecule has 0 radical (unpaired) electrons. The SMILES string of the molecule is CC[NH+](CC)CCCN1C(=O)c2oc3ccc(Cl)cc3c(=O)c2[C@@H]1c1ccccc1. The minimum Gasteiger partial charge on any atom is -0.450 e. The monoisotopic (exact) mass is 425 g/mol. The van der Waals surface area contributed by atoms with Crippen LogP contribution in [0.1, 0.15) is 48.0 Å². The second-order valence-electron chi connectivity index (χ2n) is 7.69. The van der Waals surface area contributed by atoms with E-state index in [0.717, 1.165) is 31.6 Å². The van der Waals surface area contributed by atoms with Crippen molar-refractivity contribution >= 4 is 28.5 Å². The van der Waals surface area contributed by atoms with Gasteiger partial charge in [-0.1, -0.05) is 41.9 Å². The van der Waals surface area contributed by atoms with Crippen LogP contribution in [0.5, 0.6) is 0 Å². The molecule has 4 rings (SSSR count). The van der Waals surface area contributed by atoms with Crippen LogP contribution in [-0.2, 0) is 0 Å². The molecule has 156 valence electrons. The second kappa shape index (κ2) is 8.62. The van der Waals surface area contributed by atoms with E-state index in [4.69, 9.17) is 16.0 Å². The van der Waals surface area contributed by atoms with Gasteiger partial charge in [-0.3, -0.25) is 9.59 Å². The maximum Gasteiger partial charge on any atom is 0.290 e. The number of carbonyl (C=O) groups excluding carboxylic acids is 1. The summed E-state index contributed by atoms with van der Waals surface area (Å²) in [5, 5.41) is 0.874. The van der Waals surface area contributed by atoms with Crippen molar-refractivity contribution in [1.82, 2.24) is 4.90 Å². The van der Waals surface area contributed by atoms with Gasteiger partial charge in [0.1, 0.15) is 5.58 Å². The average molecular weight is 426 g/mol. The molecule has 0 saturated heterocycles. The molecule has 1 aliphatic heterocycles. The lowest BCUT2D eigenvalue weighted by Gasteiger charge is -2.26. The van der Waals surface area contributed by atoms with Crippen molar-refractivity contribution in [1.29, 1.82) is 0 Å². The first-order chi connectivity index (χ1) is 14.5. The minimum absolute atomic E-state index is 0.152. The lowest BCUT2D eigenvalue weighted by atomic mass is 9.98. The van der Waals surface area contributed by atoms with Crippen LogP contribution in [0.4, 0.5) is 0 Å². The fraction of sp³-hybridized carbons (Fsp3) is 0.333. The Labute approximate surface area is 180 Å². The molecule has 1 aliphatic rings. The van der Waals surface area contributed by atoms with Gasteiger partial charge in [-0.2, -0.15) is 0 Å². The molecule has 0 bridgehead atoms. The standard InChI is InChI=1S/C24H25ClN2O3/c1-3-26(4-2)13-8-14-27-21(16-9-6-5-7-10-16)20-22(28)18-15-17(25)11-12-19(18)30-23(20)24(27)29/h5-7,9-12,15,21H,3-4,8,13-14H2,1-2H3/p+1/t21-/m0/s1. The molecule has 2 heterocycles. The summed E-state index contributed by atoms with van der Waals surface area (Å²) in [5.74, 6) is -0.0683. The van der Waals surface area contributed by atoms with E-state index in [9.17, 15) is 9.59 Å². The summed E-state index contributed by atoms with van der Waals surface area (Å²) >= 11 is 6.12. The zero-order valence-corrected chi connectivity index (χ0v) is 18.0. The minimum atomic E-state index is -0.444. The number of hydrogen-bond acceptors (Lipinski definition) is 3. The Hall–Kier alpha value is -2.63. The van der Waals surface area contributed by atoms with Crippen LogP contribution in [0.25, 0.3) is 11.0 Å². The normalized spacial score (nSPS) is 15.9. The molecule has 0 spiro atoms. The number of quaternary nitrogens is 1. The lowest BCUT2D eigenvalue weighted by molar-refractivity contribution is -0.896. The van der Waals surface area contributed by atoms with Crippen LogP contribution >= 0.6 is 11.6 Å². The van der Waals surface area contributed by atoms with Crippen LogP contribution < -0.4 is 10.3 Å². The summed E-state index contributed by atoms with van der Waals surface area (Å²) in [6.07, 6.45) is 0.861. The van der Waals surface area contributed by atoms with Gasteiger partial charge < -0.3 is 14.2 Å². The Morgan fingerprint density at radius 3 is 2.50 bits per heavy atom. The number of halogens is 1. The van der Waals surface area contributed by atoms with Crippen molar-refractivity contribution in [3.8, 4) is 0 Å². The van der Waals surface area contributed by atoms with Gasteiger partial charge in [0.15, 0.2) is 5.43 Å². The first kappa shape index (κ1) is 20.6. The van der Waals surface area contributed by atoms with Gasteiger partial charge in [0.25, 0.3) is 5.91 Å². The maximum absolute atomic E-state index is 13.4. The van der Waals surface area contributed by atoms with Gasteiger partial charge in [0.2, 0.25) is 5.76 Å². The maximum atomic E-state index is 13.4. The lowest BCUT2D eigenvalue weighted by Crippen LogP contribution is -3.11. The molecule has 30 heavy (non-hydrogen) atoms. The zero-order chi connectivity index (χ0) is 21.3. The summed E-state index contributed by atoms with van der Waals surface area (Å²) in [7, 11) is 0. The summed E-state index contributed by atoms with van der Waals surface area (Å²) in [5.41, 5.74) is 1.52. The molecule has 0 aliphatic carbocycles. The van der Waals surface area contributed by atoms with Crippen molar-refractivity contribution < 1.29 is 14.1 Å². The molecule has 1 atom stereocenters. The number of benzene rings is 2. The third kappa shape index (κ3) is 3.64. The van der Waals surface area contributed by atoms with E-state index in [1.165, 1.54) is 4.90 Å². The molecule has 2 aromatic carbocycles. The largest absolute Gasteiger partial charge is 0.450 e. The third-order valence-electron chi connectivity index (χ3n) is 5.97. The van der Waals surface area contributed by atoms with Crippen LogP contribution in [-0.4, -0.2) is 37.0 Å². The van der Waals surface area contributed by atoms with E-state index in [1.807, 2.05) is 30.3 Å². The Balaban J connectivity index is 1.79. The molecule has 5 nitrogen and oxygen atoms in total. The molecule has 0 fully saturated rings. The quantitative estimate of drug-likeness (QED) is 0.631. The average Bonchev–Trinajstić information content (AvgIpc) is 3.04. The molecule has 1 aromatic heterocycles. The third-order valence-corrected chi connectivity index (χ3v) is 6.21. The number of nitrogens with one attached hydrogen (secondary N) is 1. The van der Waals surface area contributed by atoms with Crippen LogP contribution in [0.15, 0.2) is 57.7 Å². The van der Waals surface area contributed by atoms with Crippen molar-refractivity contribution in [2.45, 2.75) is 26.3 Å². The molecule has 1 amide bonds. The van der Waals surface area contributed by atoms with Gasteiger partial charge in [-0.05, 0) is 37.6 Å². The van der Waals surface area contributed by atoms with E-state index in [-0.39, 0.29) is 17.1 Å². The predicted octanol–water partition coefficient (Wildman–Crippen LogP) is 3.31. The fourth-order valence-corrected chi connectivity index (χ4v) is 4.48. The fourth-order valence-electron chi connectivity index (χ4n) is 4.31.